The third-order valence-electron chi connectivity index (χ3n) is 2.42. The number of carboxylic acid groups (broad SMARTS) is 1. The molecule has 19 heavy (non-hydrogen) atoms. The summed E-state index contributed by atoms with van der Waals surface area (Å²) in [6, 6.07) is 4.12. The first-order valence-electron chi connectivity index (χ1n) is 5.95. The lowest BCUT2D eigenvalue weighted by Crippen LogP contribution is -2.39. The van der Waals surface area contributed by atoms with Crippen LogP contribution in [0.2, 0.25) is 0 Å². The lowest BCUT2D eigenvalue weighted by Gasteiger charge is -2.19. The molecule has 2 N–H and O–H groups in total. The zero-order valence-electron chi connectivity index (χ0n) is 10.8. The van der Waals surface area contributed by atoms with Crippen LogP contribution in [0.1, 0.15) is 20.3 Å². The van der Waals surface area contributed by atoms with Gasteiger partial charge in [0.1, 0.15) is 6.61 Å². The second kappa shape index (κ2) is 7.33. The summed E-state index contributed by atoms with van der Waals surface area (Å²) in [5.41, 5.74) is 0. The Morgan fingerprint density at radius 1 is 1.53 bits per heavy atom. The van der Waals surface area contributed by atoms with Gasteiger partial charge in [0.2, 0.25) is 0 Å². The van der Waals surface area contributed by atoms with Crippen molar-refractivity contribution in [2.75, 3.05) is 6.61 Å². The van der Waals surface area contributed by atoms with Gasteiger partial charge in [-0.3, -0.25) is 0 Å². The Labute approximate surface area is 120 Å². The fourth-order valence-electron chi connectivity index (χ4n) is 1.69. The van der Waals surface area contributed by atoms with Crippen molar-refractivity contribution >= 4 is 22.0 Å². The molecule has 1 rings (SSSR count). The van der Waals surface area contributed by atoms with E-state index in [0.29, 0.717) is 16.8 Å². The number of ether oxygens (including phenoxy) is 1. The van der Waals surface area contributed by atoms with Crippen molar-refractivity contribution in [2.24, 2.45) is 5.92 Å². The zero-order valence-corrected chi connectivity index (χ0v) is 12.4. The van der Waals surface area contributed by atoms with E-state index < -0.39 is 11.9 Å². The van der Waals surface area contributed by atoms with Gasteiger partial charge in [-0.2, -0.15) is 0 Å². The average Bonchev–Trinajstić information content (AvgIpc) is 2.25. The van der Waals surface area contributed by atoms with Gasteiger partial charge < -0.3 is 15.2 Å². The number of carbonyl (C=O) groups is 1. The number of halogens is 2. The molecular weight excluding hydrogens is 317 g/mol. The van der Waals surface area contributed by atoms with Gasteiger partial charge in [-0.25, -0.2) is 9.18 Å². The summed E-state index contributed by atoms with van der Waals surface area (Å²) in [5, 5.41) is 11.1. The summed E-state index contributed by atoms with van der Waals surface area (Å²) in [7, 11) is 0. The van der Waals surface area contributed by atoms with Gasteiger partial charge in [0.05, 0.1) is 6.04 Å². The molecular formula is C13H17BrFNO3. The van der Waals surface area contributed by atoms with E-state index in [-0.39, 0.29) is 18.4 Å². The molecule has 0 aliphatic rings. The van der Waals surface area contributed by atoms with Gasteiger partial charge in [0, 0.05) is 4.47 Å². The van der Waals surface area contributed by atoms with Crippen molar-refractivity contribution in [3.05, 3.63) is 28.5 Å². The van der Waals surface area contributed by atoms with Crippen LogP contribution in [0.3, 0.4) is 0 Å². The first-order valence-corrected chi connectivity index (χ1v) is 6.75. The number of hydrogen-bond donors (Lipinski definition) is 2. The van der Waals surface area contributed by atoms with Crippen molar-refractivity contribution < 1.29 is 19.0 Å². The molecule has 1 unspecified atom stereocenters. The standard InChI is InChI=1S/C13H17BrFNO3/c1-8(2)5-10(16-13(17)18)7-19-12-4-3-9(14)6-11(12)15/h3-4,6,8,10,16H,5,7H2,1-2H3,(H,17,18). The third-order valence-corrected chi connectivity index (χ3v) is 2.91. The molecule has 6 heteroatoms. The SMILES string of the molecule is CC(C)CC(COc1ccc(Br)cc1F)NC(=O)O. The maximum Gasteiger partial charge on any atom is 0.404 e. The topological polar surface area (TPSA) is 58.6 Å². The maximum absolute atomic E-state index is 13.5. The molecule has 106 valence electrons. The van der Waals surface area contributed by atoms with Gasteiger partial charge in [0.15, 0.2) is 11.6 Å². The van der Waals surface area contributed by atoms with Gasteiger partial charge in [0.25, 0.3) is 0 Å². The molecule has 1 amide bonds. The largest absolute Gasteiger partial charge is 0.488 e. The number of amides is 1. The summed E-state index contributed by atoms with van der Waals surface area (Å²) in [4.78, 5) is 10.7. The minimum atomic E-state index is -1.11. The van der Waals surface area contributed by atoms with E-state index in [2.05, 4.69) is 21.2 Å². The highest BCUT2D eigenvalue weighted by molar-refractivity contribution is 9.10. The normalized spacial score (nSPS) is 12.3. The van der Waals surface area contributed by atoms with E-state index >= 15 is 0 Å². The van der Waals surface area contributed by atoms with Crippen LogP contribution in [0, 0.1) is 11.7 Å². The fraction of sp³-hybridized carbons (Fsp3) is 0.462. The van der Waals surface area contributed by atoms with Crippen molar-refractivity contribution in [1.82, 2.24) is 5.32 Å². The highest BCUT2D eigenvalue weighted by atomic mass is 79.9. The van der Waals surface area contributed by atoms with E-state index in [1.807, 2.05) is 13.8 Å². The molecule has 0 radical (unpaired) electrons. The smallest absolute Gasteiger partial charge is 0.404 e. The predicted molar refractivity (Wildman–Crippen MR) is 74.0 cm³/mol. The van der Waals surface area contributed by atoms with E-state index in [0.717, 1.165) is 0 Å². The molecule has 0 spiro atoms. The van der Waals surface area contributed by atoms with E-state index in [1.54, 1.807) is 6.07 Å². The second-order valence-corrected chi connectivity index (χ2v) is 5.58. The minimum Gasteiger partial charge on any atom is -0.488 e. The maximum atomic E-state index is 13.5. The Morgan fingerprint density at radius 2 is 2.21 bits per heavy atom. The number of hydrogen-bond acceptors (Lipinski definition) is 2. The Kier molecular flexibility index (Phi) is 6.08. The third kappa shape index (κ3) is 5.92. The van der Waals surface area contributed by atoms with Gasteiger partial charge in [-0.15, -0.1) is 0 Å². The van der Waals surface area contributed by atoms with Crippen LogP contribution in [0.15, 0.2) is 22.7 Å². The lowest BCUT2D eigenvalue weighted by molar-refractivity contribution is 0.175. The van der Waals surface area contributed by atoms with Crippen molar-refractivity contribution in [2.45, 2.75) is 26.3 Å². The summed E-state index contributed by atoms with van der Waals surface area (Å²) in [6.07, 6.45) is -0.477. The average molecular weight is 334 g/mol. The van der Waals surface area contributed by atoms with E-state index in [9.17, 15) is 9.18 Å². The van der Waals surface area contributed by atoms with Gasteiger partial charge >= 0.3 is 6.09 Å². The summed E-state index contributed by atoms with van der Waals surface area (Å²) in [6.45, 7) is 4.07. The Morgan fingerprint density at radius 3 is 2.74 bits per heavy atom. The quantitative estimate of drug-likeness (QED) is 0.835. The molecule has 0 saturated carbocycles. The molecule has 1 aromatic carbocycles. The molecule has 0 aliphatic carbocycles. The van der Waals surface area contributed by atoms with E-state index in [1.165, 1.54) is 12.1 Å². The Bertz CT molecular complexity index is 440. The molecule has 1 atom stereocenters. The van der Waals surface area contributed by atoms with E-state index in [4.69, 9.17) is 9.84 Å². The van der Waals surface area contributed by atoms with Crippen LogP contribution in [-0.2, 0) is 0 Å². The highest BCUT2D eigenvalue weighted by Gasteiger charge is 2.15. The molecule has 0 bridgehead atoms. The number of benzene rings is 1. The van der Waals surface area contributed by atoms with Crippen LogP contribution in [0.4, 0.5) is 9.18 Å². The first kappa shape index (κ1) is 15.8. The van der Waals surface area contributed by atoms with Crippen LogP contribution >= 0.6 is 15.9 Å². The summed E-state index contributed by atoms with van der Waals surface area (Å²) < 4.78 is 19.5. The lowest BCUT2D eigenvalue weighted by atomic mass is 10.0. The molecule has 0 aromatic heterocycles. The predicted octanol–water partition coefficient (Wildman–Crippen LogP) is 3.65. The summed E-state index contributed by atoms with van der Waals surface area (Å²) in [5.74, 6) is -0.0487. The van der Waals surface area contributed by atoms with Crippen LogP contribution in [0.25, 0.3) is 0 Å². The van der Waals surface area contributed by atoms with Crippen LogP contribution in [-0.4, -0.2) is 23.8 Å². The van der Waals surface area contributed by atoms with Crippen molar-refractivity contribution in [3.63, 3.8) is 0 Å². The van der Waals surface area contributed by atoms with Crippen molar-refractivity contribution in [1.29, 1.82) is 0 Å². The molecule has 0 fully saturated rings. The molecule has 0 saturated heterocycles. The van der Waals surface area contributed by atoms with Crippen LogP contribution in [0.5, 0.6) is 5.75 Å². The molecule has 0 aliphatic heterocycles. The van der Waals surface area contributed by atoms with Gasteiger partial charge in [-0.1, -0.05) is 29.8 Å². The van der Waals surface area contributed by atoms with Gasteiger partial charge in [-0.05, 0) is 30.5 Å². The Hall–Kier alpha value is -1.30. The summed E-state index contributed by atoms with van der Waals surface area (Å²) >= 11 is 3.16. The first-order chi connectivity index (χ1) is 8.88. The monoisotopic (exact) mass is 333 g/mol. The molecule has 4 nitrogen and oxygen atoms in total. The fourth-order valence-corrected chi connectivity index (χ4v) is 2.03. The minimum absolute atomic E-state index is 0.100. The van der Waals surface area contributed by atoms with Crippen molar-refractivity contribution in [3.8, 4) is 5.75 Å². The Balaban J connectivity index is 2.61. The molecule has 1 aromatic rings. The molecule has 0 heterocycles. The number of rotatable bonds is 6. The zero-order chi connectivity index (χ0) is 14.4. The second-order valence-electron chi connectivity index (χ2n) is 4.66. The number of nitrogens with one attached hydrogen (secondary N) is 1. The van der Waals surface area contributed by atoms with Crippen LogP contribution < -0.4 is 10.1 Å². The highest BCUT2D eigenvalue weighted by Crippen LogP contribution is 2.21.